The fourth-order valence-corrected chi connectivity index (χ4v) is 2.96. The molecule has 0 amide bonds. The summed E-state index contributed by atoms with van der Waals surface area (Å²) in [5, 5.41) is 10.4. The Morgan fingerprint density at radius 2 is 2.09 bits per heavy atom. The molecular weight excluding hydrogens is 278 g/mol. The van der Waals surface area contributed by atoms with E-state index in [-0.39, 0.29) is 0 Å². The van der Waals surface area contributed by atoms with Crippen LogP contribution in [-0.2, 0) is 6.54 Å². The highest BCUT2D eigenvalue weighted by Gasteiger charge is 2.13. The van der Waals surface area contributed by atoms with Crippen LogP contribution in [0.15, 0.2) is 9.52 Å². The van der Waals surface area contributed by atoms with Gasteiger partial charge < -0.3 is 15.2 Å². The quantitative estimate of drug-likeness (QED) is 0.439. The summed E-state index contributed by atoms with van der Waals surface area (Å²) in [5.41, 5.74) is 0. The summed E-state index contributed by atoms with van der Waals surface area (Å²) < 4.78 is 5.07. The predicted octanol–water partition coefficient (Wildman–Crippen LogP) is 2.79. The molecule has 1 saturated carbocycles. The Labute approximate surface area is 133 Å². The lowest BCUT2D eigenvalue weighted by molar-refractivity contribution is 0.376. The van der Waals surface area contributed by atoms with Crippen molar-refractivity contribution in [1.82, 2.24) is 20.8 Å². The van der Waals surface area contributed by atoms with Crippen LogP contribution >= 0.6 is 0 Å². The molecule has 1 fully saturated rings. The normalized spacial score (nSPS) is 16.2. The number of aryl methyl sites for hydroxylation is 1. The van der Waals surface area contributed by atoms with E-state index in [1.54, 1.807) is 0 Å². The van der Waals surface area contributed by atoms with Crippen molar-refractivity contribution in [2.75, 3.05) is 13.1 Å². The third kappa shape index (κ3) is 6.03. The summed E-state index contributed by atoms with van der Waals surface area (Å²) in [5.74, 6) is 3.01. The van der Waals surface area contributed by atoms with Crippen molar-refractivity contribution in [2.45, 2.75) is 65.3 Å². The molecule has 0 saturated heterocycles. The molecule has 2 rings (SSSR count). The van der Waals surface area contributed by atoms with Gasteiger partial charge in [-0.15, -0.1) is 0 Å². The predicted molar refractivity (Wildman–Crippen MR) is 87.7 cm³/mol. The zero-order valence-corrected chi connectivity index (χ0v) is 13.9. The second-order valence-electron chi connectivity index (χ2n) is 6.00. The topological polar surface area (TPSA) is 75.3 Å². The van der Waals surface area contributed by atoms with Crippen LogP contribution in [0.2, 0.25) is 0 Å². The molecule has 0 radical (unpaired) electrons. The molecule has 0 aromatic carbocycles. The minimum atomic E-state index is 0.415. The second-order valence-corrected chi connectivity index (χ2v) is 6.00. The number of hydrogen-bond donors (Lipinski definition) is 2. The molecule has 1 aromatic heterocycles. The van der Waals surface area contributed by atoms with Crippen molar-refractivity contribution in [3.05, 3.63) is 11.7 Å². The fraction of sp³-hybridized carbons (Fsp3) is 0.812. The van der Waals surface area contributed by atoms with Crippen molar-refractivity contribution >= 4 is 5.96 Å². The molecule has 1 aromatic rings. The van der Waals surface area contributed by atoms with E-state index in [9.17, 15) is 0 Å². The Kier molecular flexibility index (Phi) is 7.19. The zero-order chi connectivity index (χ0) is 15.6. The SMILES string of the molecule is CCNC(=NCc1nc(C)no1)NCCCCC1CCCC1. The maximum atomic E-state index is 5.07. The smallest absolute Gasteiger partial charge is 0.248 e. The Bertz CT molecular complexity index is 451. The van der Waals surface area contributed by atoms with E-state index in [2.05, 4.69) is 32.7 Å². The Morgan fingerprint density at radius 3 is 2.77 bits per heavy atom. The Balaban J connectivity index is 1.64. The molecule has 0 aliphatic heterocycles. The Hall–Kier alpha value is -1.59. The summed E-state index contributed by atoms with van der Waals surface area (Å²) in [6.45, 7) is 6.09. The van der Waals surface area contributed by atoms with E-state index in [4.69, 9.17) is 4.52 Å². The first-order chi connectivity index (χ1) is 10.8. The molecule has 1 aliphatic rings. The highest BCUT2D eigenvalue weighted by Crippen LogP contribution is 2.28. The number of nitrogens with zero attached hydrogens (tertiary/aromatic N) is 3. The van der Waals surface area contributed by atoms with E-state index in [0.29, 0.717) is 18.3 Å². The van der Waals surface area contributed by atoms with Crippen molar-refractivity contribution in [3.63, 3.8) is 0 Å². The maximum Gasteiger partial charge on any atom is 0.248 e. The number of aliphatic imine (C=N–C) groups is 1. The molecule has 124 valence electrons. The lowest BCUT2D eigenvalue weighted by Gasteiger charge is -2.12. The number of aromatic nitrogens is 2. The van der Waals surface area contributed by atoms with Gasteiger partial charge in [-0.3, -0.25) is 0 Å². The molecule has 0 bridgehead atoms. The van der Waals surface area contributed by atoms with Crippen LogP contribution in [0.1, 0.15) is 63.6 Å². The van der Waals surface area contributed by atoms with Crippen LogP contribution in [0.5, 0.6) is 0 Å². The van der Waals surface area contributed by atoms with E-state index in [0.717, 1.165) is 25.0 Å². The molecule has 6 heteroatoms. The fourth-order valence-electron chi connectivity index (χ4n) is 2.96. The van der Waals surface area contributed by atoms with Gasteiger partial charge >= 0.3 is 0 Å². The van der Waals surface area contributed by atoms with Crippen molar-refractivity contribution in [3.8, 4) is 0 Å². The standard InChI is InChI=1S/C16H29N5O/c1-3-17-16(19-12-15-20-13(2)21-22-15)18-11-7-6-10-14-8-4-5-9-14/h14H,3-12H2,1-2H3,(H2,17,18,19). The van der Waals surface area contributed by atoms with Crippen molar-refractivity contribution in [1.29, 1.82) is 0 Å². The maximum absolute atomic E-state index is 5.07. The number of guanidine groups is 1. The summed E-state index contributed by atoms with van der Waals surface area (Å²) in [4.78, 5) is 8.63. The first-order valence-electron chi connectivity index (χ1n) is 8.59. The minimum Gasteiger partial charge on any atom is -0.357 e. The molecule has 22 heavy (non-hydrogen) atoms. The van der Waals surface area contributed by atoms with Crippen LogP contribution in [0.3, 0.4) is 0 Å². The van der Waals surface area contributed by atoms with Gasteiger partial charge in [0, 0.05) is 13.1 Å². The monoisotopic (exact) mass is 307 g/mol. The number of nitrogens with one attached hydrogen (secondary N) is 2. The lowest BCUT2D eigenvalue weighted by atomic mass is 10.0. The molecule has 0 spiro atoms. The van der Waals surface area contributed by atoms with Gasteiger partial charge in [0.1, 0.15) is 6.54 Å². The summed E-state index contributed by atoms with van der Waals surface area (Å²) in [6.07, 6.45) is 9.66. The number of rotatable bonds is 8. The number of unbranched alkanes of at least 4 members (excludes halogenated alkanes) is 1. The van der Waals surface area contributed by atoms with E-state index in [1.165, 1.54) is 44.9 Å². The van der Waals surface area contributed by atoms with Gasteiger partial charge in [-0.25, -0.2) is 4.99 Å². The third-order valence-corrected chi connectivity index (χ3v) is 4.09. The zero-order valence-electron chi connectivity index (χ0n) is 13.9. The average molecular weight is 307 g/mol. The van der Waals surface area contributed by atoms with Gasteiger partial charge in [0.15, 0.2) is 11.8 Å². The molecular formula is C16H29N5O. The molecule has 1 aliphatic carbocycles. The highest BCUT2D eigenvalue weighted by molar-refractivity contribution is 5.79. The molecule has 1 heterocycles. The summed E-state index contributed by atoms with van der Waals surface area (Å²) >= 11 is 0. The van der Waals surface area contributed by atoms with Gasteiger partial charge in [0.05, 0.1) is 0 Å². The molecule has 2 N–H and O–H groups in total. The van der Waals surface area contributed by atoms with E-state index in [1.807, 2.05) is 6.92 Å². The van der Waals surface area contributed by atoms with Crippen LogP contribution < -0.4 is 10.6 Å². The third-order valence-electron chi connectivity index (χ3n) is 4.09. The first kappa shape index (κ1) is 16.8. The van der Waals surface area contributed by atoms with E-state index >= 15 is 0 Å². The van der Waals surface area contributed by atoms with Gasteiger partial charge in [-0.1, -0.05) is 43.7 Å². The lowest BCUT2D eigenvalue weighted by Crippen LogP contribution is -2.37. The number of hydrogen-bond acceptors (Lipinski definition) is 4. The van der Waals surface area contributed by atoms with Crippen LogP contribution in [0, 0.1) is 12.8 Å². The minimum absolute atomic E-state index is 0.415. The van der Waals surface area contributed by atoms with Gasteiger partial charge in [0.2, 0.25) is 5.89 Å². The summed E-state index contributed by atoms with van der Waals surface area (Å²) in [6, 6.07) is 0. The molecule has 0 atom stereocenters. The van der Waals surface area contributed by atoms with E-state index < -0.39 is 0 Å². The van der Waals surface area contributed by atoms with Crippen LogP contribution in [-0.4, -0.2) is 29.2 Å². The summed E-state index contributed by atoms with van der Waals surface area (Å²) in [7, 11) is 0. The van der Waals surface area contributed by atoms with Gasteiger partial charge in [-0.05, 0) is 26.2 Å². The Morgan fingerprint density at radius 1 is 1.27 bits per heavy atom. The second kappa shape index (κ2) is 9.43. The largest absolute Gasteiger partial charge is 0.357 e. The molecule has 0 unspecified atom stereocenters. The van der Waals surface area contributed by atoms with Crippen molar-refractivity contribution in [2.24, 2.45) is 10.9 Å². The van der Waals surface area contributed by atoms with Crippen molar-refractivity contribution < 1.29 is 4.52 Å². The van der Waals surface area contributed by atoms with Crippen LogP contribution in [0.4, 0.5) is 0 Å². The highest BCUT2D eigenvalue weighted by atomic mass is 16.5. The van der Waals surface area contributed by atoms with Gasteiger partial charge in [0.25, 0.3) is 0 Å². The molecule has 6 nitrogen and oxygen atoms in total. The first-order valence-corrected chi connectivity index (χ1v) is 8.59. The average Bonchev–Trinajstić information content (AvgIpc) is 3.16. The van der Waals surface area contributed by atoms with Gasteiger partial charge in [-0.2, -0.15) is 4.98 Å². The van der Waals surface area contributed by atoms with Crippen LogP contribution in [0.25, 0.3) is 0 Å².